The Balaban J connectivity index is 1.84. The molecule has 0 saturated carbocycles. The molecule has 2 aromatic heterocycles. The fourth-order valence-corrected chi connectivity index (χ4v) is 3.54. The number of likely N-dealkylation sites (tertiary alicyclic amines) is 1. The first-order valence-electron chi connectivity index (χ1n) is 6.74. The van der Waals surface area contributed by atoms with Crippen LogP contribution in [0.2, 0.25) is 0 Å². The van der Waals surface area contributed by atoms with Crippen LogP contribution in [0, 0.1) is 0 Å². The van der Waals surface area contributed by atoms with Crippen LogP contribution in [0.15, 0.2) is 23.8 Å². The molecule has 6 nitrogen and oxygen atoms in total. The number of aryl methyl sites for hydroxylation is 1. The number of carbonyl (C=O) groups excluding carboxylic acids is 2. The molecule has 2 aromatic rings. The van der Waals surface area contributed by atoms with Crippen molar-refractivity contribution in [2.24, 2.45) is 12.8 Å². The highest BCUT2D eigenvalue weighted by atomic mass is 32.1. The lowest BCUT2D eigenvalue weighted by molar-refractivity contribution is 0.0740. The predicted molar refractivity (Wildman–Crippen MR) is 79.1 cm³/mol. The summed E-state index contributed by atoms with van der Waals surface area (Å²) in [4.78, 5) is 26.2. The van der Waals surface area contributed by atoms with Crippen LogP contribution >= 0.6 is 11.3 Å². The third kappa shape index (κ3) is 2.56. The molecule has 110 valence electrons. The second-order valence-corrected chi connectivity index (χ2v) is 6.08. The number of carbonyl (C=O) groups is 2. The molecular formula is C14H16N4O2S. The number of rotatable bonds is 3. The molecule has 0 unspecified atom stereocenters. The van der Waals surface area contributed by atoms with Crippen LogP contribution in [0.4, 0.5) is 0 Å². The molecular weight excluding hydrogens is 288 g/mol. The van der Waals surface area contributed by atoms with Crippen LogP contribution in [-0.2, 0) is 7.05 Å². The monoisotopic (exact) mass is 304 g/mol. The van der Waals surface area contributed by atoms with Crippen LogP contribution in [0.1, 0.15) is 44.5 Å². The molecule has 1 fully saturated rings. The van der Waals surface area contributed by atoms with Crippen LogP contribution in [0.25, 0.3) is 0 Å². The maximum Gasteiger partial charge on any atom is 0.264 e. The highest BCUT2D eigenvalue weighted by molar-refractivity contribution is 7.12. The van der Waals surface area contributed by atoms with E-state index in [4.69, 9.17) is 5.73 Å². The van der Waals surface area contributed by atoms with Crippen molar-refractivity contribution < 1.29 is 9.59 Å². The number of thiophene rings is 1. The molecule has 3 rings (SSSR count). The van der Waals surface area contributed by atoms with Crippen LogP contribution < -0.4 is 5.73 Å². The van der Waals surface area contributed by atoms with Gasteiger partial charge in [-0.2, -0.15) is 5.10 Å². The van der Waals surface area contributed by atoms with Crippen molar-refractivity contribution in [1.82, 2.24) is 14.7 Å². The zero-order valence-corrected chi connectivity index (χ0v) is 12.5. The Hall–Kier alpha value is -2.15. The van der Waals surface area contributed by atoms with E-state index in [0.29, 0.717) is 10.4 Å². The molecule has 1 aliphatic rings. The smallest absolute Gasteiger partial charge is 0.264 e. The van der Waals surface area contributed by atoms with E-state index >= 15 is 0 Å². The molecule has 1 aliphatic heterocycles. The van der Waals surface area contributed by atoms with Gasteiger partial charge in [0.2, 0.25) is 5.91 Å². The minimum absolute atomic E-state index is 0.0427. The molecule has 2 amide bonds. The lowest BCUT2D eigenvalue weighted by atomic mass is 10.1. The number of hydrogen-bond acceptors (Lipinski definition) is 4. The summed E-state index contributed by atoms with van der Waals surface area (Å²) >= 11 is 1.26. The van der Waals surface area contributed by atoms with E-state index in [0.717, 1.165) is 24.9 Å². The molecule has 1 saturated heterocycles. The minimum Gasteiger partial charge on any atom is -0.366 e. The molecule has 0 aromatic carbocycles. The topological polar surface area (TPSA) is 81.2 Å². The summed E-state index contributed by atoms with van der Waals surface area (Å²) in [6.45, 7) is 0.724. The lowest BCUT2D eigenvalue weighted by Gasteiger charge is -2.23. The standard InChI is InChI=1S/C14H16N4O2S/c1-17-7-10(6-16-17)11-3-2-4-18(11)14(20)12-5-9(8-21-12)13(15)19/h5-8,11H,2-4H2,1H3,(H2,15,19)/t11-/m1/s1. The average Bonchev–Trinajstić information content (AvgIpc) is 3.17. The van der Waals surface area contributed by atoms with Gasteiger partial charge in [0, 0.05) is 30.7 Å². The lowest BCUT2D eigenvalue weighted by Crippen LogP contribution is -2.29. The van der Waals surface area contributed by atoms with Gasteiger partial charge < -0.3 is 10.6 Å². The summed E-state index contributed by atoms with van der Waals surface area (Å²) in [7, 11) is 1.86. The number of primary amides is 1. The Morgan fingerprint density at radius 1 is 1.48 bits per heavy atom. The fraction of sp³-hybridized carbons (Fsp3) is 0.357. The van der Waals surface area contributed by atoms with E-state index in [1.165, 1.54) is 11.3 Å². The molecule has 7 heteroatoms. The summed E-state index contributed by atoms with van der Waals surface area (Å²) < 4.78 is 1.74. The number of nitrogens with two attached hydrogens (primary N) is 1. The van der Waals surface area contributed by atoms with Crippen molar-refractivity contribution >= 4 is 23.2 Å². The second kappa shape index (κ2) is 5.33. The molecule has 21 heavy (non-hydrogen) atoms. The zero-order valence-electron chi connectivity index (χ0n) is 11.7. The van der Waals surface area contributed by atoms with Gasteiger partial charge in [0.1, 0.15) is 0 Å². The van der Waals surface area contributed by atoms with E-state index in [1.54, 1.807) is 22.3 Å². The summed E-state index contributed by atoms with van der Waals surface area (Å²) in [5.74, 6) is -0.547. The Bertz CT molecular complexity index is 691. The zero-order chi connectivity index (χ0) is 15.0. The summed E-state index contributed by atoms with van der Waals surface area (Å²) in [6, 6.07) is 1.64. The van der Waals surface area contributed by atoms with Gasteiger partial charge >= 0.3 is 0 Å². The molecule has 0 spiro atoms. The van der Waals surface area contributed by atoms with E-state index in [-0.39, 0.29) is 11.9 Å². The van der Waals surface area contributed by atoms with E-state index in [9.17, 15) is 9.59 Å². The van der Waals surface area contributed by atoms with E-state index in [1.807, 2.05) is 18.1 Å². The summed E-state index contributed by atoms with van der Waals surface area (Å²) in [5, 5.41) is 5.80. The Labute approximate surface area is 126 Å². The Kier molecular flexibility index (Phi) is 3.50. The van der Waals surface area contributed by atoms with Gasteiger partial charge in [-0.05, 0) is 18.9 Å². The van der Waals surface area contributed by atoms with Gasteiger partial charge in [-0.1, -0.05) is 0 Å². The van der Waals surface area contributed by atoms with Crippen molar-refractivity contribution in [3.8, 4) is 0 Å². The average molecular weight is 304 g/mol. The normalized spacial score (nSPS) is 18.1. The number of nitrogens with zero attached hydrogens (tertiary/aromatic N) is 3. The van der Waals surface area contributed by atoms with Crippen molar-refractivity contribution in [3.63, 3.8) is 0 Å². The van der Waals surface area contributed by atoms with E-state index < -0.39 is 5.91 Å². The maximum atomic E-state index is 12.6. The van der Waals surface area contributed by atoms with Crippen LogP contribution in [0.3, 0.4) is 0 Å². The Morgan fingerprint density at radius 3 is 2.90 bits per heavy atom. The van der Waals surface area contributed by atoms with Gasteiger partial charge in [0.05, 0.1) is 22.7 Å². The first-order chi connectivity index (χ1) is 10.1. The summed E-state index contributed by atoms with van der Waals surface area (Å²) in [6.07, 6.45) is 5.66. The molecule has 0 aliphatic carbocycles. The highest BCUT2D eigenvalue weighted by Crippen LogP contribution is 2.33. The molecule has 1 atom stereocenters. The number of hydrogen-bond donors (Lipinski definition) is 1. The SMILES string of the molecule is Cn1cc([C@H]2CCCN2C(=O)c2cc(C(N)=O)cs2)cn1. The van der Waals surface area contributed by atoms with Crippen LogP contribution in [0.5, 0.6) is 0 Å². The third-order valence-corrected chi connectivity index (χ3v) is 4.64. The van der Waals surface area contributed by atoms with Crippen LogP contribution in [-0.4, -0.2) is 33.0 Å². The largest absolute Gasteiger partial charge is 0.366 e. The Morgan fingerprint density at radius 2 is 2.29 bits per heavy atom. The van der Waals surface area contributed by atoms with Gasteiger partial charge in [-0.3, -0.25) is 14.3 Å². The van der Waals surface area contributed by atoms with Crippen molar-refractivity contribution in [2.45, 2.75) is 18.9 Å². The summed E-state index contributed by atoms with van der Waals surface area (Å²) in [5.41, 5.74) is 6.67. The van der Waals surface area contributed by atoms with Crippen molar-refractivity contribution in [2.75, 3.05) is 6.54 Å². The number of aromatic nitrogens is 2. The highest BCUT2D eigenvalue weighted by Gasteiger charge is 2.32. The minimum atomic E-state index is -0.504. The first-order valence-corrected chi connectivity index (χ1v) is 7.62. The molecule has 0 bridgehead atoms. The molecule has 3 heterocycles. The maximum absolute atomic E-state index is 12.6. The number of amides is 2. The van der Waals surface area contributed by atoms with E-state index in [2.05, 4.69) is 5.10 Å². The van der Waals surface area contributed by atoms with Gasteiger partial charge in [0.25, 0.3) is 5.91 Å². The quantitative estimate of drug-likeness (QED) is 0.934. The van der Waals surface area contributed by atoms with Crippen molar-refractivity contribution in [3.05, 3.63) is 39.8 Å². The molecule has 2 N–H and O–H groups in total. The fourth-order valence-electron chi connectivity index (χ4n) is 2.69. The molecule has 0 radical (unpaired) electrons. The first kappa shape index (κ1) is 13.8. The van der Waals surface area contributed by atoms with Crippen molar-refractivity contribution in [1.29, 1.82) is 0 Å². The van der Waals surface area contributed by atoms with Gasteiger partial charge in [0.15, 0.2) is 0 Å². The second-order valence-electron chi connectivity index (χ2n) is 5.17. The predicted octanol–water partition coefficient (Wildman–Crippen LogP) is 1.56. The van der Waals surface area contributed by atoms with Gasteiger partial charge in [-0.15, -0.1) is 11.3 Å². The van der Waals surface area contributed by atoms with Gasteiger partial charge in [-0.25, -0.2) is 0 Å². The third-order valence-electron chi connectivity index (χ3n) is 3.72.